The van der Waals surface area contributed by atoms with Crippen LogP contribution < -0.4 is 20.9 Å². The maximum atomic E-state index is 13.1. The number of fused-ring (bicyclic) bond motifs is 1. The summed E-state index contributed by atoms with van der Waals surface area (Å²) in [5.74, 6) is -4.76. The average Bonchev–Trinajstić information content (AvgIpc) is 3.46. The second-order valence-electron chi connectivity index (χ2n) is 9.68. The van der Waals surface area contributed by atoms with Gasteiger partial charge in [-0.3, -0.25) is 9.59 Å². The lowest BCUT2D eigenvalue weighted by Crippen LogP contribution is -2.58. The molecule has 1 saturated heterocycles. The molecule has 1 atom stereocenters. The number of halogens is 5. The fourth-order valence-corrected chi connectivity index (χ4v) is 6.78. The summed E-state index contributed by atoms with van der Waals surface area (Å²) >= 11 is 0.957. The number of aromatic nitrogens is 4. The number of anilines is 1. The van der Waals surface area contributed by atoms with Crippen LogP contribution in [0, 0.1) is 0 Å². The van der Waals surface area contributed by atoms with Gasteiger partial charge in [-0.05, 0) is 29.8 Å². The number of rotatable bonds is 8. The van der Waals surface area contributed by atoms with Crippen molar-refractivity contribution in [1.29, 1.82) is 0 Å². The molecule has 1 fully saturated rings. The van der Waals surface area contributed by atoms with Gasteiger partial charge in [0.1, 0.15) is 16.5 Å². The number of carboxylic acids is 1. The van der Waals surface area contributed by atoms with E-state index in [9.17, 15) is 45.1 Å². The molecule has 0 radical (unpaired) electrons. The molecule has 0 aliphatic carbocycles. The second-order valence-corrected chi connectivity index (χ2v) is 12.6. The standard InChI is InChI=1S/C16H13F3N6O6S2.C10H13F2N/c17-16(18,19)31-8-1-3-9(4-2-8)33(29,30)25-6-5-24(7-10(25)14(27)28)15-20-12-11(32-15)13(26)22-23-21-12;1-2-10(11,12)9-5-3-8(7-13)4-6-9/h1-4,10H,5-7H2,(H,27,28)(H,21,22,26);3-6H,2,7,13H2,1H3/t10-;/m1./s1. The second kappa shape index (κ2) is 13.6. The fraction of sp³-hybridized carbons (Fsp3) is 0.346. The first-order chi connectivity index (χ1) is 21.6. The van der Waals surface area contributed by atoms with Crippen molar-refractivity contribution < 1.29 is 45.0 Å². The average molecular weight is 692 g/mol. The number of nitrogens with zero attached hydrogens (tertiary/aromatic N) is 5. The van der Waals surface area contributed by atoms with Crippen LogP contribution in [-0.2, 0) is 27.3 Å². The summed E-state index contributed by atoms with van der Waals surface area (Å²) in [4.78, 5) is 29.0. The molecule has 2 aromatic carbocycles. The quantitative estimate of drug-likeness (QED) is 0.231. The zero-order chi connectivity index (χ0) is 33.9. The Balaban J connectivity index is 0.000000310. The molecule has 4 N–H and O–H groups in total. The Hall–Kier alpha value is -4.27. The first-order valence-electron chi connectivity index (χ1n) is 13.3. The molecule has 0 spiro atoms. The molecule has 13 nitrogen and oxygen atoms in total. The van der Waals surface area contributed by atoms with Crippen molar-refractivity contribution in [3.8, 4) is 5.75 Å². The van der Waals surface area contributed by atoms with E-state index in [1.54, 1.807) is 12.1 Å². The van der Waals surface area contributed by atoms with Crippen LogP contribution in [0.3, 0.4) is 0 Å². The highest BCUT2D eigenvalue weighted by atomic mass is 32.2. The van der Waals surface area contributed by atoms with Crippen molar-refractivity contribution in [1.82, 2.24) is 24.7 Å². The molecule has 248 valence electrons. The van der Waals surface area contributed by atoms with E-state index >= 15 is 0 Å². The van der Waals surface area contributed by atoms with Gasteiger partial charge in [-0.25, -0.2) is 22.3 Å². The van der Waals surface area contributed by atoms with Gasteiger partial charge in [0.25, 0.3) is 11.5 Å². The van der Waals surface area contributed by atoms with E-state index in [-0.39, 0.29) is 47.1 Å². The largest absolute Gasteiger partial charge is 0.573 e. The van der Waals surface area contributed by atoms with Crippen LogP contribution in [0.2, 0.25) is 0 Å². The number of benzene rings is 2. The van der Waals surface area contributed by atoms with E-state index in [0.29, 0.717) is 6.54 Å². The number of sulfonamides is 1. The Bertz CT molecular complexity index is 1830. The number of carboxylic acid groups (broad SMARTS) is 1. The third-order valence-corrected chi connectivity index (χ3v) is 9.73. The summed E-state index contributed by atoms with van der Waals surface area (Å²) < 4.78 is 93.9. The van der Waals surface area contributed by atoms with Crippen molar-refractivity contribution in [2.75, 3.05) is 24.5 Å². The minimum absolute atomic E-state index is 0.0451. The smallest absolute Gasteiger partial charge is 0.480 e. The van der Waals surface area contributed by atoms with E-state index in [4.69, 9.17) is 5.73 Å². The normalized spacial score (nSPS) is 16.2. The summed E-state index contributed by atoms with van der Waals surface area (Å²) in [6, 6.07) is 8.08. The third-order valence-electron chi connectivity index (χ3n) is 6.71. The Labute approximate surface area is 261 Å². The molecule has 1 aliphatic rings. The van der Waals surface area contributed by atoms with Gasteiger partial charge in [-0.2, -0.15) is 9.29 Å². The van der Waals surface area contributed by atoms with E-state index in [0.717, 1.165) is 45.5 Å². The van der Waals surface area contributed by atoms with Crippen LogP contribution in [0.5, 0.6) is 5.75 Å². The van der Waals surface area contributed by atoms with Crippen LogP contribution in [0.15, 0.2) is 58.2 Å². The number of alkyl halides is 5. The minimum atomic E-state index is -4.94. The molecule has 3 heterocycles. The summed E-state index contributed by atoms with van der Waals surface area (Å²) in [5, 5.41) is 19.2. The number of ether oxygens (including phenoxy) is 1. The van der Waals surface area contributed by atoms with E-state index < -0.39 is 50.5 Å². The summed E-state index contributed by atoms with van der Waals surface area (Å²) in [6.07, 6.45) is -5.11. The molecule has 2 aromatic heterocycles. The molecule has 0 bridgehead atoms. The lowest BCUT2D eigenvalue weighted by Gasteiger charge is -2.38. The molecule has 20 heteroatoms. The van der Waals surface area contributed by atoms with Crippen LogP contribution >= 0.6 is 11.3 Å². The summed E-state index contributed by atoms with van der Waals surface area (Å²) in [5.41, 5.74) is 5.84. The maximum absolute atomic E-state index is 13.1. The van der Waals surface area contributed by atoms with Gasteiger partial charge in [0.15, 0.2) is 5.13 Å². The van der Waals surface area contributed by atoms with Gasteiger partial charge in [0.2, 0.25) is 15.7 Å². The number of thiazole rings is 1. The van der Waals surface area contributed by atoms with E-state index in [1.807, 2.05) is 0 Å². The number of piperazine rings is 1. The third kappa shape index (κ3) is 7.92. The number of hydrogen-bond acceptors (Lipinski definition) is 11. The van der Waals surface area contributed by atoms with Crippen LogP contribution in [0.4, 0.5) is 27.1 Å². The van der Waals surface area contributed by atoms with Crippen molar-refractivity contribution in [3.63, 3.8) is 0 Å². The Morgan fingerprint density at radius 1 is 1.11 bits per heavy atom. The predicted octanol–water partition coefficient (Wildman–Crippen LogP) is 3.28. The van der Waals surface area contributed by atoms with Gasteiger partial charge in [0, 0.05) is 38.2 Å². The molecule has 46 heavy (non-hydrogen) atoms. The topological polar surface area (TPSA) is 185 Å². The maximum Gasteiger partial charge on any atom is 0.573 e. The number of nitrogens with two attached hydrogens (primary N) is 1. The van der Waals surface area contributed by atoms with Crippen molar-refractivity contribution in [2.24, 2.45) is 5.73 Å². The highest BCUT2D eigenvalue weighted by Crippen LogP contribution is 2.32. The molecular formula is C26H26F5N7O6S2. The van der Waals surface area contributed by atoms with Crippen LogP contribution in [0.25, 0.3) is 10.3 Å². The molecular weight excluding hydrogens is 665 g/mol. The highest BCUT2D eigenvalue weighted by molar-refractivity contribution is 7.89. The monoisotopic (exact) mass is 691 g/mol. The molecule has 0 unspecified atom stereocenters. The molecule has 4 aromatic rings. The molecule has 5 rings (SSSR count). The van der Waals surface area contributed by atoms with Crippen molar-refractivity contribution in [3.05, 3.63) is 70.0 Å². The van der Waals surface area contributed by atoms with Gasteiger partial charge >= 0.3 is 12.3 Å². The zero-order valence-corrected chi connectivity index (χ0v) is 25.4. The first-order valence-corrected chi connectivity index (χ1v) is 15.6. The number of aliphatic carboxylic acids is 1. The number of nitrogens with one attached hydrogen (secondary N) is 1. The van der Waals surface area contributed by atoms with Gasteiger partial charge in [0.05, 0.1) is 4.90 Å². The SMILES string of the molecule is CCC(F)(F)c1ccc(CN)cc1.O=C(O)[C@H]1CN(c2nc3nn[nH]c(=O)c3s2)CCN1S(=O)(=O)c1ccc(OC(F)(F)F)cc1. The summed E-state index contributed by atoms with van der Waals surface area (Å²) in [6.45, 7) is 1.37. The fourth-order valence-electron chi connectivity index (χ4n) is 4.29. The molecule has 1 aliphatic heterocycles. The number of hydrogen-bond donors (Lipinski definition) is 3. The van der Waals surface area contributed by atoms with Crippen molar-refractivity contribution in [2.45, 2.75) is 43.1 Å². The number of aromatic amines is 1. The van der Waals surface area contributed by atoms with Gasteiger partial charge in [-0.1, -0.05) is 47.7 Å². The summed E-state index contributed by atoms with van der Waals surface area (Å²) in [7, 11) is -4.36. The number of carbonyl (C=O) groups is 1. The van der Waals surface area contributed by atoms with E-state index in [2.05, 4.69) is 25.1 Å². The van der Waals surface area contributed by atoms with Crippen molar-refractivity contribution >= 4 is 42.8 Å². The van der Waals surface area contributed by atoms with Crippen LogP contribution in [-0.4, -0.2) is 76.2 Å². The van der Waals surface area contributed by atoms with Gasteiger partial charge in [-0.15, -0.1) is 18.3 Å². The van der Waals surface area contributed by atoms with Crippen LogP contribution in [0.1, 0.15) is 24.5 Å². The predicted molar refractivity (Wildman–Crippen MR) is 155 cm³/mol. The zero-order valence-electron chi connectivity index (χ0n) is 23.7. The highest BCUT2D eigenvalue weighted by Gasteiger charge is 2.41. The van der Waals surface area contributed by atoms with E-state index in [1.165, 1.54) is 24.0 Å². The van der Waals surface area contributed by atoms with Gasteiger partial charge < -0.3 is 20.5 Å². The molecule has 0 saturated carbocycles. The lowest BCUT2D eigenvalue weighted by atomic mass is 10.0. The first kappa shape index (κ1) is 34.6. The lowest BCUT2D eigenvalue weighted by molar-refractivity contribution is -0.274. The number of H-pyrrole nitrogens is 1. The minimum Gasteiger partial charge on any atom is -0.480 e. The Morgan fingerprint density at radius 2 is 1.76 bits per heavy atom. The molecule has 0 amide bonds. The Kier molecular flexibility index (Phi) is 10.2. The Morgan fingerprint density at radius 3 is 2.30 bits per heavy atom.